The first-order valence-electron chi connectivity index (χ1n) is 4.72. The molecule has 1 saturated carbocycles. The minimum Gasteiger partial charge on any atom is -0.325 e. The maximum absolute atomic E-state index is 11.7. The molecule has 0 aromatic rings. The highest BCUT2D eigenvalue weighted by Crippen LogP contribution is 2.46. The third-order valence-electron chi connectivity index (χ3n) is 3.32. The van der Waals surface area contributed by atoms with Gasteiger partial charge in [-0.1, -0.05) is 0 Å². The smallest absolute Gasteiger partial charge is 0.320 e. The Morgan fingerprint density at radius 3 is 2.58 bits per heavy atom. The van der Waals surface area contributed by atoms with Crippen molar-refractivity contribution in [2.45, 2.75) is 31.7 Å². The molecule has 3 nitrogen and oxygen atoms in total. The Balaban J connectivity index is 2.10. The fourth-order valence-corrected chi connectivity index (χ4v) is 2.04. The van der Waals surface area contributed by atoms with E-state index in [4.69, 9.17) is 0 Å². The van der Waals surface area contributed by atoms with Crippen LogP contribution in [0.5, 0.6) is 0 Å². The Labute approximate surface area is 73.3 Å². The molecule has 1 saturated heterocycles. The van der Waals surface area contributed by atoms with Crippen molar-refractivity contribution in [1.29, 1.82) is 0 Å². The van der Waals surface area contributed by atoms with Gasteiger partial charge >= 0.3 is 6.03 Å². The average Bonchev–Trinajstić information content (AvgIpc) is 2.83. The molecule has 1 heterocycles. The van der Waals surface area contributed by atoms with E-state index < -0.39 is 0 Å². The molecule has 1 aliphatic heterocycles. The highest BCUT2D eigenvalue weighted by Gasteiger charge is 2.51. The molecule has 2 amide bonds. The summed E-state index contributed by atoms with van der Waals surface area (Å²) in [6, 6.07) is 0.223. The van der Waals surface area contributed by atoms with E-state index in [2.05, 4.69) is 0 Å². The topological polar surface area (TPSA) is 23.6 Å². The second-order valence-corrected chi connectivity index (χ2v) is 3.90. The molecule has 0 aromatic carbocycles. The summed E-state index contributed by atoms with van der Waals surface area (Å²) in [5.41, 5.74) is 0.281. The van der Waals surface area contributed by atoms with Crippen molar-refractivity contribution in [1.82, 2.24) is 9.80 Å². The summed E-state index contributed by atoms with van der Waals surface area (Å²) in [4.78, 5) is 15.5. The quantitative estimate of drug-likeness (QED) is 0.579. The summed E-state index contributed by atoms with van der Waals surface area (Å²) in [6.07, 6.45) is 3.60. The molecule has 2 rings (SSSR count). The largest absolute Gasteiger partial charge is 0.325 e. The molecule has 0 unspecified atom stereocenters. The predicted molar refractivity (Wildman–Crippen MR) is 47.0 cm³/mol. The standard InChI is InChI=1S/C9H16N2O/c1-3-11-7-6-9(4-5-9)10(2)8(11)12/h3-7H2,1-2H3. The first kappa shape index (κ1) is 7.90. The number of hydrogen-bond acceptors (Lipinski definition) is 1. The van der Waals surface area contributed by atoms with Crippen LogP contribution in [-0.2, 0) is 0 Å². The van der Waals surface area contributed by atoms with Crippen molar-refractivity contribution < 1.29 is 4.79 Å². The molecule has 0 aromatic heterocycles. The predicted octanol–water partition coefficient (Wildman–Crippen LogP) is 1.30. The molecule has 68 valence electrons. The molecular formula is C9H16N2O. The number of carbonyl (C=O) groups is 1. The molecule has 3 heteroatoms. The zero-order valence-electron chi connectivity index (χ0n) is 7.84. The Morgan fingerprint density at radius 2 is 2.08 bits per heavy atom. The molecular weight excluding hydrogens is 152 g/mol. The van der Waals surface area contributed by atoms with E-state index in [9.17, 15) is 4.79 Å². The normalized spacial score (nSPS) is 26.7. The molecule has 1 aliphatic carbocycles. The molecule has 2 fully saturated rings. The van der Waals surface area contributed by atoms with Gasteiger partial charge in [-0.15, -0.1) is 0 Å². The minimum absolute atomic E-state index is 0.223. The lowest BCUT2D eigenvalue weighted by Gasteiger charge is -2.39. The first-order chi connectivity index (χ1) is 5.69. The van der Waals surface area contributed by atoms with Gasteiger partial charge in [0.1, 0.15) is 0 Å². The van der Waals surface area contributed by atoms with Crippen LogP contribution in [0.25, 0.3) is 0 Å². The van der Waals surface area contributed by atoms with Crippen molar-refractivity contribution in [2.24, 2.45) is 0 Å². The fourth-order valence-electron chi connectivity index (χ4n) is 2.04. The van der Waals surface area contributed by atoms with Crippen molar-refractivity contribution in [3.05, 3.63) is 0 Å². The van der Waals surface area contributed by atoms with Gasteiger partial charge in [-0.05, 0) is 26.2 Å². The Bertz CT molecular complexity index is 211. The van der Waals surface area contributed by atoms with E-state index in [0.717, 1.165) is 13.1 Å². The van der Waals surface area contributed by atoms with Crippen molar-refractivity contribution in [3.8, 4) is 0 Å². The number of amides is 2. The van der Waals surface area contributed by atoms with Gasteiger partial charge in [0.15, 0.2) is 0 Å². The Kier molecular flexibility index (Phi) is 1.56. The maximum Gasteiger partial charge on any atom is 0.320 e. The van der Waals surface area contributed by atoms with E-state index in [1.807, 2.05) is 23.8 Å². The lowest BCUT2D eigenvalue weighted by Crippen LogP contribution is -2.53. The van der Waals surface area contributed by atoms with E-state index in [0.29, 0.717) is 0 Å². The minimum atomic E-state index is 0.223. The summed E-state index contributed by atoms with van der Waals surface area (Å²) >= 11 is 0. The third-order valence-corrected chi connectivity index (χ3v) is 3.32. The average molecular weight is 168 g/mol. The van der Waals surface area contributed by atoms with Crippen LogP contribution in [0.1, 0.15) is 26.2 Å². The third kappa shape index (κ3) is 0.919. The van der Waals surface area contributed by atoms with Crippen LogP contribution < -0.4 is 0 Å². The van der Waals surface area contributed by atoms with Gasteiger partial charge in [0.2, 0.25) is 0 Å². The summed E-state index contributed by atoms with van der Waals surface area (Å²) in [5.74, 6) is 0. The van der Waals surface area contributed by atoms with Gasteiger partial charge in [-0.25, -0.2) is 4.79 Å². The zero-order valence-corrected chi connectivity index (χ0v) is 7.84. The number of nitrogens with zero attached hydrogens (tertiary/aromatic N) is 2. The molecule has 2 aliphatic rings. The van der Waals surface area contributed by atoms with Gasteiger partial charge in [-0.3, -0.25) is 0 Å². The highest BCUT2D eigenvalue weighted by atomic mass is 16.2. The van der Waals surface area contributed by atoms with E-state index in [1.54, 1.807) is 0 Å². The summed E-state index contributed by atoms with van der Waals surface area (Å²) in [7, 11) is 1.94. The summed E-state index contributed by atoms with van der Waals surface area (Å²) < 4.78 is 0. The van der Waals surface area contributed by atoms with Crippen LogP contribution in [0.15, 0.2) is 0 Å². The number of rotatable bonds is 1. The van der Waals surface area contributed by atoms with E-state index in [1.165, 1.54) is 19.3 Å². The first-order valence-corrected chi connectivity index (χ1v) is 4.72. The van der Waals surface area contributed by atoms with Crippen LogP contribution in [-0.4, -0.2) is 41.5 Å². The number of urea groups is 1. The molecule has 1 spiro atoms. The van der Waals surface area contributed by atoms with Gasteiger partial charge < -0.3 is 9.80 Å². The number of hydrogen-bond donors (Lipinski definition) is 0. The molecule has 0 bridgehead atoms. The Hall–Kier alpha value is -0.730. The van der Waals surface area contributed by atoms with Gasteiger partial charge in [0, 0.05) is 25.7 Å². The zero-order chi connectivity index (χ0) is 8.77. The molecule has 0 radical (unpaired) electrons. The van der Waals surface area contributed by atoms with Gasteiger partial charge in [-0.2, -0.15) is 0 Å². The summed E-state index contributed by atoms with van der Waals surface area (Å²) in [6.45, 7) is 3.84. The van der Waals surface area contributed by atoms with Crippen LogP contribution >= 0.6 is 0 Å². The maximum atomic E-state index is 11.7. The van der Waals surface area contributed by atoms with Gasteiger partial charge in [0.25, 0.3) is 0 Å². The van der Waals surface area contributed by atoms with E-state index in [-0.39, 0.29) is 11.6 Å². The van der Waals surface area contributed by atoms with Crippen molar-refractivity contribution >= 4 is 6.03 Å². The number of carbonyl (C=O) groups excluding carboxylic acids is 1. The monoisotopic (exact) mass is 168 g/mol. The van der Waals surface area contributed by atoms with E-state index >= 15 is 0 Å². The van der Waals surface area contributed by atoms with Crippen molar-refractivity contribution in [3.63, 3.8) is 0 Å². The SMILES string of the molecule is CCN1CCC2(CC2)N(C)C1=O. The molecule has 12 heavy (non-hydrogen) atoms. The molecule has 0 atom stereocenters. The Morgan fingerprint density at radius 1 is 1.42 bits per heavy atom. The van der Waals surface area contributed by atoms with Crippen LogP contribution in [0, 0.1) is 0 Å². The lowest BCUT2D eigenvalue weighted by atomic mass is 10.1. The van der Waals surface area contributed by atoms with Crippen LogP contribution in [0.2, 0.25) is 0 Å². The highest BCUT2D eigenvalue weighted by molar-refractivity contribution is 5.76. The van der Waals surface area contributed by atoms with Crippen LogP contribution in [0.3, 0.4) is 0 Å². The molecule has 0 N–H and O–H groups in total. The van der Waals surface area contributed by atoms with Gasteiger partial charge in [0.05, 0.1) is 0 Å². The second-order valence-electron chi connectivity index (χ2n) is 3.90. The summed E-state index contributed by atoms with van der Waals surface area (Å²) in [5, 5.41) is 0. The fraction of sp³-hybridized carbons (Fsp3) is 0.889. The van der Waals surface area contributed by atoms with Crippen molar-refractivity contribution in [2.75, 3.05) is 20.1 Å². The second kappa shape index (κ2) is 2.38. The lowest BCUT2D eigenvalue weighted by molar-refractivity contribution is 0.106. The van der Waals surface area contributed by atoms with Crippen LogP contribution in [0.4, 0.5) is 4.79 Å².